The second kappa shape index (κ2) is 7.67. The maximum absolute atomic E-state index is 11.6. The van der Waals surface area contributed by atoms with Crippen LogP contribution in [0.3, 0.4) is 0 Å². The van der Waals surface area contributed by atoms with E-state index in [4.69, 9.17) is 4.74 Å². The zero-order valence-corrected chi connectivity index (χ0v) is 11.1. The molecule has 0 radical (unpaired) electrons. The predicted octanol–water partition coefficient (Wildman–Crippen LogP) is 2.80. The van der Waals surface area contributed by atoms with Gasteiger partial charge in [0.1, 0.15) is 0 Å². The molecule has 0 amide bonds. The van der Waals surface area contributed by atoms with Gasteiger partial charge in [0, 0.05) is 12.6 Å². The number of hydrogen-bond donors (Lipinski definition) is 0. The van der Waals surface area contributed by atoms with Crippen molar-refractivity contribution in [1.82, 2.24) is 4.90 Å². The fourth-order valence-electron chi connectivity index (χ4n) is 1.84. The molecule has 98 valence electrons. The Morgan fingerprint density at radius 3 is 2.67 bits per heavy atom. The second-order valence-corrected chi connectivity index (χ2v) is 4.11. The van der Waals surface area contributed by atoms with Crippen LogP contribution in [0.15, 0.2) is 43.0 Å². The average molecular weight is 247 g/mol. The monoisotopic (exact) mass is 247 g/mol. The molecule has 3 heteroatoms. The van der Waals surface area contributed by atoms with Gasteiger partial charge in [-0.1, -0.05) is 36.4 Å². The molecule has 0 aliphatic heterocycles. The summed E-state index contributed by atoms with van der Waals surface area (Å²) >= 11 is 0. The minimum absolute atomic E-state index is 0.161. The second-order valence-electron chi connectivity index (χ2n) is 4.11. The number of esters is 1. The van der Waals surface area contributed by atoms with Crippen molar-refractivity contribution in [3.05, 3.63) is 48.6 Å². The predicted molar refractivity (Wildman–Crippen MR) is 73.3 cm³/mol. The lowest BCUT2D eigenvalue weighted by atomic mass is 10.1. The summed E-state index contributed by atoms with van der Waals surface area (Å²) < 4.78 is 4.99. The summed E-state index contributed by atoms with van der Waals surface area (Å²) in [6.07, 6.45) is 1.80. The standard InChI is InChI=1S/C15H21NO2/c1-4-11-16(12-15(17)18-5-2)13(3)14-9-7-6-8-10-14/h4,6-10,13H,1,5,11-12H2,2-3H3. The Hall–Kier alpha value is -1.61. The highest BCUT2D eigenvalue weighted by molar-refractivity contribution is 5.71. The highest BCUT2D eigenvalue weighted by Gasteiger charge is 2.17. The van der Waals surface area contributed by atoms with Gasteiger partial charge >= 0.3 is 5.97 Å². The van der Waals surface area contributed by atoms with Gasteiger partial charge in [0.2, 0.25) is 0 Å². The molecule has 0 heterocycles. The SMILES string of the molecule is C=CCN(CC(=O)OCC)C(C)c1ccccc1. The van der Waals surface area contributed by atoms with Crippen LogP contribution >= 0.6 is 0 Å². The van der Waals surface area contributed by atoms with Gasteiger partial charge in [-0.3, -0.25) is 9.69 Å². The van der Waals surface area contributed by atoms with E-state index in [0.717, 1.165) is 0 Å². The van der Waals surface area contributed by atoms with Gasteiger partial charge < -0.3 is 4.74 Å². The van der Waals surface area contributed by atoms with Crippen LogP contribution in [0.1, 0.15) is 25.5 Å². The third kappa shape index (κ3) is 4.34. The molecule has 18 heavy (non-hydrogen) atoms. The van der Waals surface area contributed by atoms with Crippen LogP contribution in [0, 0.1) is 0 Å². The van der Waals surface area contributed by atoms with Crippen molar-refractivity contribution < 1.29 is 9.53 Å². The van der Waals surface area contributed by atoms with E-state index in [2.05, 4.69) is 25.6 Å². The van der Waals surface area contributed by atoms with Gasteiger partial charge in [0.15, 0.2) is 0 Å². The van der Waals surface area contributed by atoms with Crippen LogP contribution in [0.2, 0.25) is 0 Å². The third-order valence-corrected chi connectivity index (χ3v) is 2.83. The first-order valence-corrected chi connectivity index (χ1v) is 6.24. The van der Waals surface area contributed by atoms with Gasteiger partial charge in [0.05, 0.1) is 13.2 Å². The first-order valence-electron chi connectivity index (χ1n) is 6.24. The smallest absolute Gasteiger partial charge is 0.320 e. The van der Waals surface area contributed by atoms with E-state index in [1.165, 1.54) is 5.56 Å². The largest absolute Gasteiger partial charge is 0.465 e. The van der Waals surface area contributed by atoms with E-state index in [9.17, 15) is 4.79 Å². The summed E-state index contributed by atoms with van der Waals surface area (Å²) in [5.41, 5.74) is 1.18. The van der Waals surface area contributed by atoms with E-state index in [1.807, 2.05) is 30.0 Å². The third-order valence-electron chi connectivity index (χ3n) is 2.83. The summed E-state index contributed by atoms with van der Waals surface area (Å²) in [6.45, 7) is 9.00. The maximum atomic E-state index is 11.6. The van der Waals surface area contributed by atoms with Gasteiger partial charge in [-0.2, -0.15) is 0 Å². The van der Waals surface area contributed by atoms with E-state index in [-0.39, 0.29) is 18.6 Å². The molecular weight excluding hydrogens is 226 g/mol. The molecule has 0 spiro atoms. The summed E-state index contributed by atoms with van der Waals surface area (Å²) in [4.78, 5) is 13.6. The molecule has 0 fully saturated rings. The van der Waals surface area contributed by atoms with Crippen molar-refractivity contribution in [2.75, 3.05) is 19.7 Å². The minimum Gasteiger partial charge on any atom is -0.465 e. The fraction of sp³-hybridized carbons (Fsp3) is 0.400. The molecule has 0 aliphatic carbocycles. The number of carbonyl (C=O) groups excluding carboxylic acids is 1. The number of ether oxygens (including phenoxy) is 1. The van der Waals surface area contributed by atoms with Crippen LogP contribution in [-0.4, -0.2) is 30.6 Å². The first-order chi connectivity index (χ1) is 8.69. The molecule has 1 unspecified atom stereocenters. The van der Waals surface area contributed by atoms with E-state index in [0.29, 0.717) is 13.2 Å². The number of benzene rings is 1. The Labute approximate surface area is 109 Å². The Bertz CT molecular complexity index is 375. The van der Waals surface area contributed by atoms with Crippen molar-refractivity contribution in [2.24, 2.45) is 0 Å². The van der Waals surface area contributed by atoms with Crippen LogP contribution in [0.4, 0.5) is 0 Å². The lowest BCUT2D eigenvalue weighted by Crippen LogP contribution is -2.33. The molecule has 1 aromatic rings. The van der Waals surface area contributed by atoms with Crippen molar-refractivity contribution >= 4 is 5.97 Å². The zero-order valence-electron chi connectivity index (χ0n) is 11.1. The summed E-state index contributed by atoms with van der Waals surface area (Å²) in [5.74, 6) is -0.192. The average Bonchev–Trinajstić information content (AvgIpc) is 2.39. The van der Waals surface area contributed by atoms with Crippen LogP contribution in [-0.2, 0) is 9.53 Å². The maximum Gasteiger partial charge on any atom is 0.320 e. The summed E-state index contributed by atoms with van der Waals surface area (Å²) in [6, 6.07) is 10.3. The number of carbonyl (C=O) groups is 1. The first kappa shape index (κ1) is 14.5. The molecule has 1 rings (SSSR count). The summed E-state index contributed by atoms with van der Waals surface area (Å²) in [7, 11) is 0. The fourth-order valence-corrected chi connectivity index (χ4v) is 1.84. The Balaban J connectivity index is 2.72. The van der Waals surface area contributed by atoms with Crippen molar-refractivity contribution in [2.45, 2.75) is 19.9 Å². The van der Waals surface area contributed by atoms with Crippen LogP contribution in [0.5, 0.6) is 0 Å². The van der Waals surface area contributed by atoms with Gasteiger partial charge in [0.25, 0.3) is 0 Å². The Kier molecular flexibility index (Phi) is 6.15. The molecule has 0 N–H and O–H groups in total. The van der Waals surface area contributed by atoms with Crippen LogP contribution in [0.25, 0.3) is 0 Å². The minimum atomic E-state index is -0.192. The van der Waals surface area contributed by atoms with Gasteiger partial charge in [-0.05, 0) is 19.4 Å². The summed E-state index contributed by atoms with van der Waals surface area (Å²) in [5, 5.41) is 0. The number of rotatable bonds is 7. The highest BCUT2D eigenvalue weighted by Crippen LogP contribution is 2.19. The number of hydrogen-bond acceptors (Lipinski definition) is 3. The zero-order chi connectivity index (χ0) is 13.4. The van der Waals surface area contributed by atoms with Gasteiger partial charge in [-0.15, -0.1) is 6.58 Å². The van der Waals surface area contributed by atoms with Crippen molar-refractivity contribution in [3.8, 4) is 0 Å². The van der Waals surface area contributed by atoms with Gasteiger partial charge in [-0.25, -0.2) is 0 Å². The lowest BCUT2D eigenvalue weighted by Gasteiger charge is -2.27. The lowest BCUT2D eigenvalue weighted by molar-refractivity contribution is -0.144. The molecule has 0 saturated heterocycles. The Morgan fingerprint density at radius 2 is 2.11 bits per heavy atom. The highest BCUT2D eigenvalue weighted by atomic mass is 16.5. The van der Waals surface area contributed by atoms with E-state index >= 15 is 0 Å². The van der Waals surface area contributed by atoms with Crippen LogP contribution < -0.4 is 0 Å². The molecule has 1 aromatic carbocycles. The molecule has 0 aromatic heterocycles. The molecule has 0 saturated carbocycles. The molecule has 0 bridgehead atoms. The number of nitrogens with zero attached hydrogens (tertiary/aromatic N) is 1. The quantitative estimate of drug-likeness (QED) is 0.548. The molecular formula is C15H21NO2. The van der Waals surface area contributed by atoms with Crippen molar-refractivity contribution in [1.29, 1.82) is 0 Å². The topological polar surface area (TPSA) is 29.5 Å². The van der Waals surface area contributed by atoms with Crippen molar-refractivity contribution in [3.63, 3.8) is 0 Å². The normalized spacial score (nSPS) is 12.2. The molecule has 3 nitrogen and oxygen atoms in total. The molecule has 0 aliphatic rings. The Morgan fingerprint density at radius 1 is 1.44 bits per heavy atom. The van der Waals surface area contributed by atoms with E-state index in [1.54, 1.807) is 6.08 Å². The van der Waals surface area contributed by atoms with E-state index < -0.39 is 0 Å². The molecule has 1 atom stereocenters.